The highest BCUT2D eigenvalue weighted by Crippen LogP contribution is 2.34. The van der Waals surface area contributed by atoms with E-state index in [4.69, 9.17) is 4.74 Å². The van der Waals surface area contributed by atoms with Gasteiger partial charge in [-0.3, -0.25) is 9.69 Å². The second-order valence-electron chi connectivity index (χ2n) is 9.98. The van der Waals surface area contributed by atoms with Crippen molar-refractivity contribution in [3.63, 3.8) is 0 Å². The van der Waals surface area contributed by atoms with Gasteiger partial charge in [-0.25, -0.2) is 4.68 Å². The van der Waals surface area contributed by atoms with E-state index in [9.17, 15) is 4.79 Å². The first-order valence-corrected chi connectivity index (χ1v) is 13.4. The Morgan fingerprint density at radius 2 is 1.84 bits per heavy atom. The van der Waals surface area contributed by atoms with Crippen molar-refractivity contribution in [3.05, 3.63) is 81.4 Å². The number of ether oxygens (including phenoxy) is 1. The first-order valence-electron chi connectivity index (χ1n) is 13.4. The fourth-order valence-electron chi connectivity index (χ4n) is 5.60. The maximum atomic E-state index is 13.2. The number of fused-ring (bicyclic) bond motifs is 1. The molecule has 5 rings (SSSR count). The van der Waals surface area contributed by atoms with E-state index in [-0.39, 0.29) is 11.6 Å². The topological polar surface area (TPSA) is 88.9 Å². The molecule has 37 heavy (non-hydrogen) atoms. The minimum Gasteiger partial charge on any atom is -0.497 e. The van der Waals surface area contributed by atoms with Crippen LogP contribution in [0.4, 0.5) is 0 Å². The second kappa shape index (κ2) is 11.3. The molecule has 1 N–H and O–H groups in total. The van der Waals surface area contributed by atoms with E-state index in [1.54, 1.807) is 7.11 Å². The van der Waals surface area contributed by atoms with E-state index in [2.05, 4.69) is 57.5 Å². The number of H-pyrrole nitrogens is 1. The lowest BCUT2D eigenvalue weighted by atomic mass is 10.0. The van der Waals surface area contributed by atoms with Gasteiger partial charge in [-0.2, -0.15) is 0 Å². The summed E-state index contributed by atoms with van der Waals surface area (Å²) in [6.45, 7) is 5.48. The van der Waals surface area contributed by atoms with Crippen molar-refractivity contribution in [3.8, 4) is 5.75 Å². The highest BCUT2D eigenvalue weighted by atomic mass is 16.5. The van der Waals surface area contributed by atoms with Crippen LogP contribution >= 0.6 is 0 Å². The largest absolute Gasteiger partial charge is 0.497 e. The van der Waals surface area contributed by atoms with Crippen molar-refractivity contribution in [2.45, 2.75) is 77.5 Å². The predicted molar refractivity (Wildman–Crippen MR) is 145 cm³/mol. The molecule has 194 valence electrons. The molecule has 0 saturated heterocycles. The SMILES string of the molecule is CCc1ccc2[nH]c(=O)c(CN(C3CCCC3)C(CC)c3nnnn3Cc3ccc(OC)cc3)cc2c1. The lowest BCUT2D eigenvalue weighted by Gasteiger charge is -2.35. The van der Waals surface area contributed by atoms with Crippen LogP contribution in [0.5, 0.6) is 5.75 Å². The third-order valence-corrected chi connectivity index (χ3v) is 7.68. The smallest absolute Gasteiger partial charge is 0.252 e. The monoisotopic (exact) mass is 500 g/mol. The predicted octanol–water partition coefficient (Wildman–Crippen LogP) is 5.03. The van der Waals surface area contributed by atoms with Crippen molar-refractivity contribution in [1.29, 1.82) is 0 Å². The number of nitrogens with one attached hydrogen (secondary N) is 1. The Kier molecular flexibility index (Phi) is 7.65. The van der Waals surface area contributed by atoms with E-state index >= 15 is 0 Å². The van der Waals surface area contributed by atoms with E-state index in [0.717, 1.165) is 59.3 Å². The maximum Gasteiger partial charge on any atom is 0.252 e. The summed E-state index contributed by atoms with van der Waals surface area (Å²) in [6.07, 6.45) is 6.49. The van der Waals surface area contributed by atoms with Crippen LogP contribution in [0.25, 0.3) is 10.9 Å². The van der Waals surface area contributed by atoms with Gasteiger partial charge in [0.15, 0.2) is 5.82 Å². The quantitative estimate of drug-likeness (QED) is 0.329. The zero-order valence-electron chi connectivity index (χ0n) is 22.0. The van der Waals surface area contributed by atoms with Gasteiger partial charge in [0.1, 0.15) is 5.75 Å². The van der Waals surface area contributed by atoms with Gasteiger partial charge in [-0.1, -0.05) is 44.9 Å². The molecule has 1 aliphatic rings. The number of methoxy groups -OCH3 is 1. The van der Waals surface area contributed by atoms with Gasteiger partial charge >= 0.3 is 0 Å². The van der Waals surface area contributed by atoms with Crippen molar-refractivity contribution in [1.82, 2.24) is 30.1 Å². The van der Waals surface area contributed by atoms with Gasteiger partial charge in [0, 0.05) is 23.7 Å². The number of aromatic amines is 1. The van der Waals surface area contributed by atoms with Gasteiger partial charge in [-0.15, -0.1) is 5.10 Å². The Hall–Kier alpha value is -3.52. The zero-order valence-corrected chi connectivity index (χ0v) is 22.0. The number of benzene rings is 2. The summed E-state index contributed by atoms with van der Waals surface area (Å²) >= 11 is 0. The second-order valence-corrected chi connectivity index (χ2v) is 9.98. The van der Waals surface area contributed by atoms with Crippen molar-refractivity contribution in [2.75, 3.05) is 7.11 Å². The first kappa shape index (κ1) is 25.1. The molecular formula is C29H36N6O2. The number of aryl methyl sites for hydroxylation is 1. The molecule has 0 aliphatic heterocycles. The molecule has 8 nitrogen and oxygen atoms in total. The number of rotatable bonds is 10. The van der Waals surface area contributed by atoms with Crippen LogP contribution in [-0.4, -0.2) is 43.2 Å². The number of tetrazole rings is 1. The third-order valence-electron chi connectivity index (χ3n) is 7.68. The summed E-state index contributed by atoms with van der Waals surface area (Å²) in [4.78, 5) is 18.7. The molecule has 0 bridgehead atoms. The molecule has 1 unspecified atom stereocenters. The molecule has 2 heterocycles. The summed E-state index contributed by atoms with van der Waals surface area (Å²) in [6, 6.07) is 16.7. The van der Waals surface area contributed by atoms with E-state index < -0.39 is 0 Å². The molecule has 0 amide bonds. The van der Waals surface area contributed by atoms with Gasteiger partial charge in [-0.05, 0) is 83.0 Å². The number of hydrogen-bond acceptors (Lipinski definition) is 6. The van der Waals surface area contributed by atoms with Crippen molar-refractivity contribution >= 4 is 10.9 Å². The fraction of sp³-hybridized carbons (Fsp3) is 0.448. The Balaban J connectivity index is 1.47. The first-order chi connectivity index (χ1) is 18.1. The van der Waals surface area contributed by atoms with Crippen LogP contribution < -0.4 is 10.3 Å². The lowest BCUT2D eigenvalue weighted by molar-refractivity contribution is 0.112. The minimum absolute atomic E-state index is 0.00780. The van der Waals surface area contributed by atoms with Gasteiger partial charge in [0.25, 0.3) is 5.56 Å². The number of pyridine rings is 1. The van der Waals surface area contributed by atoms with Gasteiger partial charge in [0.2, 0.25) is 0 Å². The van der Waals surface area contributed by atoms with Crippen molar-refractivity contribution < 1.29 is 4.74 Å². The van der Waals surface area contributed by atoms with E-state index in [0.29, 0.717) is 19.1 Å². The maximum absolute atomic E-state index is 13.2. The summed E-state index contributed by atoms with van der Waals surface area (Å²) in [5, 5.41) is 14.0. The molecule has 2 aromatic heterocycles. The molecule has 0 spiro atoms. The van der Waals surface area contributed by atoms with Crippen molar-refractivity contribution in [2.24, 2.45) is 0 Å². The summed E-state index contributed by atoms with van der Waals surface area (Å²) in [5.41, 5.74) is 4.03. The third kappa shape index (κ3) is 5.44. The van der Waals surface area contributed by atoms with Crippen LogP contribution in [0.1, 0.15) is 74.5 Å². The highest BCUT2D eigenvalue weighted by molar-refractivity contribution is 5.79. The fourth-order valence-corrected chi connectivity index (χ4v) is 5.60. The van der Waals surface area contributed by atoms with E-state index in [1.807, 2.05) is 35.0 Å². The Labute approximate surface area is 217 Å². The molecule has 1 fully saturated rings. The van der Waals surface area contributed by atoms with E-state index in [1.165, 1.54) is 18.4 Å². The molecule has 1 atom stereocenters. The molecule has 8 heteroatoms. The molecule has 2 aromatic carbocycles. The highest BCUT2D eigenvalue weighted by Gasteiger charge is 2.32. The van der Waals surface area contributed by atoms with Crippen LogP contribution in [0.3, 0.4) is 0 Å². The standard InChI is InChI=1S/C29H36N6O2/c1-4-20-12-15-26-22(16-20)17-23(29(36)30-26)19-34(24-8-6-7-9-24)27(5-2)28-31-32-33-35(28)18-21-10-13-25(37-3)14-11-21/h10-17,24,27H,4-9,18-19H2,1-3H3,(H,30,36). The zero-order chi connectivity index (χ0) is 25.8. The van der Waals surface area contributed by atoms with Crippen LogP contribution in [0.2, 0.25) is 0 Å². The molecule has 4 aromatic rings. The molecule has 1 aliphatic carbocycles. The number of hydrogen-bond donors (Lipinski definition) is 1. The average molecular weight is 501 g/mol. The minimum atomic E-state index is -0.0209. The van der Waals surface area contributed by atoms with Crippen LogP contribution in [-0.2, 0) is 19.5 Å². The summed E-state index contributed by atoms with van der Waals surface area (Å²) < 4.78 is 7.20. The number of nitrogens with zero attached hydrogens (tertiary/aromatic N) is 5. The van der Waals surface area contributed by atoms with Gasteiger partial charge in [0.05, 0.1) is 19.7 Å². The summed E-state index contributed by atoms with van der Waals surface area (Å²) in [5.74, 6) is 1.67. The molecule has 1 saturated carbocycles. The Bertz CT molecular complexity index is 1390. The molecule has 0 radical (unpaired) electrons. The summed E-state index contributed by atoms with van der Waals surface area (Å²) in [7, 11) is 1.67. The Morgan fingerprint density at radius 3 is 2.54 bits per heavy atom. The number of aromatic nitrogens is 5. The van der Waals surface area contributed by atoms with Crippen LogP contribution in [0, 0.1) is 0 Å². The lowest BCUT2D eigenvalue weighted by Crippen LogP contribution is -2.39. The Morgan fingerprint density at radius 1 is 1.08 bits per heavy atom. The van der Waals surface area contributed by atoms with Crippen LogP contribution in [0.15, 0.2) is 53.3 Å². The molecular weight excluding hydrogens is 464 g/mol. The average Bonchev–Trinajstić information content (AvgIpc) is 3.62. The van der Waals surface area contributed by atoms with Gasteiger partial charge < -0.3 is 9.72 Å². The normalized spacial score (nSPS) is 15.0.